The summed E-state index contributed by atoms with van der Waals surface area (Å²) >= 11 is 12.4. The van der Waals surface area contributed by atoms with Gasteiger partial charge in [0.2, 0.25) is 5.28 Å². The number of fused-ring (bicyclic) bond motifs is 1. The summed E-state index contributed by atoms with van der Waals surface area (Å²) in [6, 6.07) is 16.2. The number of hydrogen-bond acceptors (Lipinski definition) is 4. The average molecular weight is 372 g/mol. The molecule has 0 amide bonds. The van der Waals surface area contributed by atoms with Gasteiger partial charge in [0.05, 0.1) is 16.6 Å². The Morgan fingerprint density at radius 3 is 2.62 bits per heavy atom. The monoisotopic (exact) mass is 371 g/mol. The Morgan fingerprint density at radius 2 is 1.88 bits per heavy atom. The summed E-state index contributed by atoms with van der Waals surface area (Å²) in [6.45, 7) is 1.97. The highest BCUT2D eigenvalue weighted by atomic mass is 35.5. The summed E-state index contributed by atoms with van der Waals surface area (Å²) in [4.78, 5) is 9.33. The standard InChI is InChI=1S/C18H14ClN3S2/c1-11(23)22-15-9-5-8-13(16(15)21-18(22)19)17-20-14(10-24-17)12-6-3-2-4-7-12/h2-11,23H,1H3. The highest BCUT2D eigenvalue weighted by molar-refractivity contribution is 7.80. The Kier molecular flexibility index (Phi) is 4.08. The van der Waals surface area contributed by atoms with Crippen molar-refractivity contribution in [3.8, 4) is 21.8 Å². The Bertz CT molecular complexity index is 1010. The molecule has 0 aliphatic heterocycles. The molecule has 4 rings (SSSR count). The Morgan fingerprint density at radius 1 is 1.08 bits per heavy atom. The number of thiazole rings is 1. The average Bonchev–Trinajstić information content (AvgIpc) is 3.19. The van der Waals surface area contributed by atoms with Gasteiger partial charge in [-0.05, 0) is 30.7 Å². The molecule has 0 saturated carbocycles. The van der Waals surface area contributed by atoms with Crippen LogP contribution in [0.1, 0.15) is 12.3 Å². The molecule has 120 valence electrons. The van der Waals surface area contributed by atoms with Crippen LogP contribution < -0.4 is 0 Å². The zero-order valence-corrected chi connectivity index (χ0v) is 15.3. The second kappa shape index (κ2) is 6.24. The smallest absolute Gasteiger partial charge is 0.204 e. The van der Waals surface area contributed by atoms with Gasteiger partial charge in [-0.25, -0.2) is 9.97 Å². The molecule has 0 saturated heterocycles. The van der Waals surface area contributed by atoms with E-state index in [1.54, 1.807) is 11.3 Å². The minimum absolute atomic E-state index is 0.0473. The topological polar surface area (TPSA) is 30.7 Å². The van der Waals surface area contributed by atoms with Crippen molar-refractivity contribution in [1.82, 2.24) is 14.5 Å². The molecule has 6 heteroatoms. The fourth-order valence-electron chi connectivity index (χ4n) is 2.76. The highest BCUT2D eigenvalue weighted by Crippen LogP contribution is 2.35. The van der Waals surface area contributed by atoms with Crippen molar-refractivity contribution >= 4 is 46.6 Å². The summed E-state index contributed by atoms with van der Waals surface area (Å²) in [5, 5.41) is 3.41. The van der Waals surface area contributed by atoms with Crippen molar-refractivity contribution in [2.75, 3.05) is 0 Å². The maximum Gasteiger partial charge on any atom is 0.204 e. The van der Waals surface area contributed by atoms with Gasteiger partial charge in [0, 0.05) is 16.5 Å². The van der Waals surface area contributed by atoms with E-state index in [-0.39, 0.29) is 5.37 Å². The van der Waals surface area contributed by atoms with Gasteiger partial charge in [0.15, 0.2) is 0 Å². The van der Waals surface area contributed by atoms with E-state index in [0.717, 1.165) is 32.9 Å². The Hall–Kier alpha value is -1.82. The molecule has 2 aromatic carbocycles. The molecule has 0 fully saturated rings. The summed E-state index contributed by atoms with van der Waals surface area (Å²) < 4.78 is 1.91. The van der Waals surface area contributed by atoms with Gasteiger partial charge < -0.3 is 4.57 Å². The van der Waals surface area contributed by atoms with E-state index >= 15 is 0 Å². The van der Waals surface area contributed by atoms with Crippen LogP contribution >= 0.6 is 35.6 Å². The molecular formula is C18H14ClN3S2. The van der Waals surface area contributed by atoms with Crippen LogP contribution in [0.5, 0.6) is 0 Å². The quantitative estimate of drug-likeness (QED) is 0.452. The van der Waals surface area contributed by atoms with E-state index in [1.165, 1.54) is 0 Å². The van der Waals surface area contributed by atoms with Gasteiger partial charge in [-0.3, -0.25) is 0 Å². The van der Waals surface area contributed by atoms with E-state index in [0.29, 0.717) is 5.28 Å². The molecule has 0 bridgehead atoms. The predicted octanol–water partition coefficient (Wildman–Crippen LogP) is 5.93. The van der Waals surface area contributed by atoms with Gasteiger partial charge in [-0.15, -0.1) is 11.3 Å². The van der Waals surface area contributed by atoms with Gasteiger partial charge in [0.1, 0.15) is 10.5 Å². The predicted molar refractivity (Wildman–Crippen MR) is 105 cm³/mol. The minimum atomic E-state index is -0.0473. The minimum Gasteiger partial charge on any atom is -0.303 e. The second-order valence-corrected chi connectivity index (χ2v) is 7.40. The Balaban J connectivity index is 1.86. The maximum atomic E-state index is 6.31. The molecule has 4 aromatic rings. The first kappa shape index (κ1) is 15.7. The number of halogens is 1. The molecule has 0 aliphatic carbocycles. The SMILES string of the molecule is CC(S)n1c(Cl)nc2c(-c3nc(-c4ccccc4)cs3)cccc21. The molecule has 0 spiro atoms. The van der Waals surface area contributed by atoms with E-state index in [1.807, 2.05) is 47.9 Å². The lowest BCUT2D eigenvalue weighted by molar-refractivity contribution is 0.770. The van der Waals surface area contributed by atoms with Gasteiger partial charge in [-0.2, -0.15) is 12.6 Å². The first-order valence-electron chi connectivity index (χ1n) is 7.51. The van der Waals surface area contributed by atoms with Crippen LogP contribution in [0.25, 0.3) is 32.9 Å². The highest BCUT2D eigenvalue weighted by Gasteiger charge is 2.17. The van der Waals surface area contributed by atoms with Crippen LogP contribution in [0.3, 0.4) is 0 Å². The first-order chi connectivity index (χ1) is 11.6. The van der Waals surface area contributed by atoms with Crippen LogP contribution in [-0.4, -0.2) is 14.5 Å². The summed E-state index contributed by atoms with van der Waals surface area (Å²) in [5.74, 6) is 0. The number of hydrogen-bond donors (Lipinski definition) is 1. The van der Waals surface area contributed by atoms with Crippen molar-refractivity contribution < 1.29 is 0 Å². The van der Waals surface area contributed by atoms with Crippen LogP contribution in [0.2, 0.25) is 5.28 Å². The molecular weight excluding hydrogens is 358 g/mol. The lowest BCUT2D eigenvalue weighted by Gasteiger charge is -2.08. The summed E-state index contributed by atoms with van der Waals surface area (Å²) in [7, 11) is 0. The maximum absolute atomic E-state index is 6.31. The third-order valence-electron chi connectivity index (χ3n) is 3.85. The molecule has 0 aliphatic rings. The van der Waals surface area contributed by atoms with Crippen molar-refractivity contribution in [2.24, 2.45) is 0 Å². The van der Waals surface area contributed by atoms with E-state index in [2.05, 4.69) is 35.1 Å². The molecule has 2 heterocycles. The van der Waals surface area contributed by atoms with Gasteiger partial charge in [0.25, 0.3) is 0 Å². The number of imidazole rings is 1. The second-order valence-electron chi connectivity index (χ2n) is 5.46. The first-order valence-corrected chi connectivity index (χ1v) is 9.28. The zero-order chi connectivity index (χ0) is 16.7. The number of nitrogens with zero attached hydrogens (tertiary/aromatic N) is 3. The molecule has 0 N–H and O–H groups in total. The lowest BCUT2D eigenvalue weighted by Crippen LogP contribution is -1.97. The largest absolute Gasteiger partial charge is 0.303 e. The lowest BCUT2D eigenvalue weighted by atomic mass is 10.1. The van der Waals surface area contributed by atoms with Crippen LogP contribution in [0.4, 0.5) is 0 Å². The molecule has 1 unspecified atom stereocenters. The van der Waals surface area contributed by atoms with Crippen molar-refractivity contribution in [3.05, 3.63) is 59.2 Å². The molecule has 2 aromatic heterocycles. The zero-order valence-electron chi connectivity index (χ0n) is 12.8. The fraction of sp³-hybridized carbons (Fsp3) is 0.111. The molecule has 1 atom stereocenters. The number of thiol groups is 1. The van der Waals surface area contributed by atoms with Gasteiger partial charge in [-0.1, -0.05) is 36.4 Å². The third kappa shape index (κ3) is 2.62. The van der Waals surface area contributed by atoms with Crippen molar-refractivity contribution in [3.63, 3.8) is 0 Å². The fourth-order valence-corrected chi connectivity index (χ4v) is 4.23. The van der Waals surface area contributed by atoms with E-state index < -0.39 is 0 Å². The van der Waals surface area contributed by atoms with E-state index in [4.69, 9.17) is 16.6 Å². The molecule has 3 nitrogen and oxygen atoms in total. The van der Waals surface area contributed by atoms with Crippen LogP contribution in [0.15, 0.2) is 53.9 Å². The molecule has 0 radical (unpaired) electrons. The molecule has 24 heavy (non-hydrogen) atoms. The normalized spacial score (nSPS) is 12.6. The van der Waals surface area contributed by atoms with Crippen molar-refractivity contribution in [2.45, 2.75) is 12.3 Å². The van der Waals surface area contributed by atoms with Gasteiger partial charge >= 0.3 is 0 Å². The summed E-state index contributed by atoms with van der Waals surface area (Å²) in [5.41, 5.74) is 4.91. The number of rotatable bonds is 3. The number of benzene rings is 2. The van der Waals surface area contributed by atoms with Crippen LogP contribution in [0, 0.1) is 0 Å². The van der Waals surface area contributed by atoms with E-state index in [9.17, 15) is 0 Å². The Labute approximate surface area is 154 Å². The van der Waals surface area contributed by atoms with Crippen molar-refractivity contribution in [1.29, 1.82) is 0 Å². The number of aromatic nitrogens is 3. The summed E-state index contributed by atoms with van der Waals surface area (Å²) in [6.07, 6.45) is 0. The third-order valence-corrected chi connectivity index (χ3v) is 5.23. The number of para-hydroxylation sites is 1. The van der Waals surface area contributed by atoms with Crippen LogP contribution in [-0.2, 0) is 0 Å².